The molecule has 0 aromatic heterocycles. The van der Waals surface area contributed by atoms with Crippen molar-refractivity contribution in [2.24, 2.45) is 5.10 Å². The second-order valence-corrected chi connectivity index (χ2v) is 6.26. The van der Waals surface area contributed by atoms with Gasteiger partial charge in [0, 0.05) is 5.56 Å². The third-order valence-electron chi connectivity index (χ3n) is 4.13. The second-order valence-electron chi connectivity index (χ2n) is 6.26. The van der Waals surface area contributed by atoms with Gasteiger partial charge in [-0.05, 0) is 53.6 Å². The molecule has 0 aliphatic carbocycles. The molecule has 3 aromatic carbocycles. The molecule has 0 bridgehead atoms. The highest BCUT2D eigenvalue weighted by Crippen LogP contribution is 2.10. The zero-order valence-corrected chi connectivity index (χ0v) is 16.4. The monoisotopic (exact) mass is 399 g/mol. The number of carbonyl (C=O) groups is 2. The average Bonchev–Trinajstić information content (AvgIpc) is 2.80. The molecule has 0 atom stereocenters. The van der Waals surface area contributed by atoms with Crippen molar-refractivity contribution >= 4 is 24.1 Å². The lowest BCUT2D eigenvalue weighted by atomic mass is 10.1. The van der Waals surface area contributed by atoms with Crippen molar-refractivity contribution in [3.63, 3.8) is 0 Å². The van der Waals surface area contributed by atoms with Crippen LogP contribution in [0.3, 0.4) is 0 Å². The molecule has 0 radical (unpaired) electrons. The molecule has 0 heterocycles. The predicted molar refractivity (Wildman–Crippen MR) is 117 cm³/mol. The van der Waals surface area contributed by atoms with Crippen LogP contribution in [0.2, 0.25) is 0 Å². The Balaban J connectivity index is 1.75. The van der Waals surface area contributed by atoms with Gasteiger partial charge in [0.1, 0.15) is 11.4 Å². The van der Waals surface area contributed by atoms with Crippen molar-refractivity contribution in [3.8, 4) is 5.75 Å². The summed E-state index contributed by atoms with van der Waals surface area (Å²) in [6, 6.07) is 25.1. The Hall–Kier alpha value is -4.19. The van der Waals surface area contributed by atoms with E-state index in [9.17, 15) is 9.59 Å². The van der Waals surface area contributed by atoms with Crippen molar-refractivity contribution in [3.05, 3.63) is 107 Å². The Morgan fingerprint density at radius 2 is 1.47 bits per heavy atom. The lowest BCUT2D eigenvalue weighted by Gasteiger charge is -2.09. The molecule has 6 heteroatoms. The quantitative estimate of drug-likeness (QED) is 0.362. The fourth-order valence-electron chi connectivity index (χ4n) is 2.57. The summed E-state index contributed by atoms with van der Waals surface area (Å²) in [6.07, 6.45) is 3.11. The maximum Gasteiger partial charge on any atom is 0.287 e. The zero-order chi connectivity index (χ0) is 21.2. The first-order chi connectivity index (χ1) is 14.7. The number of carbonyl (C=O) groups excluding carboxylic acids is 2. The first-order valence-corrected chi connectivity index (χ1v) is 9.26. The molecule has 3 aromatic rings. The van der Waals surface area contributed by atoms with E-state index in [1.807, 2.05) is 48.5 Å². The minimum absolute atomic E-state index is 0.0851. The molecule has 0 spiro atoms. The van der Waals surface area contributed by atoms with Gasteiger partial charge in [-0.2, -0.15) is 5.10 Å². The maximum absolute atomic E-state index is 12.7. The van der Waals surface area contributed by atoms with E-state index in [0.29, 0.717) is 5.56 Å². The summed E-state index contributed by atoms with van der Waals surface area (Å²) in [5.74, 6) is -0.187. The van der Waals surface area contributed by atoms with E-state index in [-0.39, 0.29) is 11.6 Å². The molecule has 2 N–H and O–H groups in total. The molecular weight excluding hydrogens is 378 g/mol. The van der Waals surface area contributed by atoms with Gasteiger partial charge in [0.15, 0.2) is 0 Å². The third kappa shape index (κ3) is 5.90. The Kier molecular flexibility index (Phi) is 7.11. The number of benzene rings is 3. The van der Waals surface area contributed by atoms with Crippen molar-refractivity contribution in [1.29, 1.82) is 0 Å². The van der Waals surface area contributed by atoms with Gasteiger partial charge >= 0.3 is 0 Å². The normalized spacial score (nSPS) is 11.2. The molecule has 0 unspecified atom stereocenters. The Labute approximate surface area is 174 Å². The molecule has 3 rings (SSSR count). The number of nitrogens with one attached hydrogen (secondary N) is 2. The number of ether oxygens (including phenoxy) is 1. The standard InChI is InChI=1S/C24H21N3O3/c1-30-21-14-12-19(13-15-21)17-25-27-24(29)22(16-18-8-4-2-5-9-18)26-23(28)20-10-6-3-7-11-20/h2-17H,1H3,(H,26,28)(H,27,29)/b22-16+,25-17+. The second kappa shape index (κ2) is 10.4. The van der Waals surface area contributed by atoms with Gasteiger partial charge in [0.2, 0.25) is 0 Å². The number of rotatable bonds is 7. The molecule has 30 heavy (non-hydrogen) atoms. The predicted octanol–water partition coefficient (Wildman–Crippen LogP) is 3.62. The fraction of sp³-hybridized carbons (Fsp3) is 0.0417. The minimum atomic E-state index is -0.534. The summed E-state index contributed by atoms with van der Waals surface area (Å²) in [5, 5.41) is 6.65. The Morgan fingerprint density at radius 3 is 2.10 bits per heavy atom. The summed E-state index contributed by atoms with van der Waals surface area (Å²) < 4.78 is 5.11. The van der Waals surface area contributed by atoms with Crippen LogP contribution in [0.25, 0.3) is 6.08 Å². The fourth-order valence-corrected chi connectivity index (χ4v) is 2.57. The number of methoxy groups -OCH3 is 1. The van der Waals surface area contributed by atoms with Crippen LogP contribution in [0.5, 0.6) is 5.75 Å². The van der Waals surface area contributed by atoms with Gasteiger partial charge in [0.25, 0.3) is 11.8 Å². The number of hydrogen-bond acceptors (Lipinski definition) is 4. The molecule has 0 aliphatic rings. The lowest BCUT2D eigenvalue weighted by molar-refractivity contribution is -0.117. The van der Waals surface area contributed by atoms with E-state index in [1.54, 1.807) is 49.6 Å². The minimum Gasteiger partial charge on any atom is -0.497 e. The number of hydrazone groups is 1. The maximum atomic E-state index is 12.7. The average molecular weight is 399 g/mol. The van der Waals surface area contributed by atoms with Gasteiger partial charge in [0.05, 0.1) is 13.3 Å². The van der Waals surface area contributed by atoms with E-state index >= 15 is 0 Å². The smallest absolute Gasteiger partial charge is 0.287 e. The molecular formula is C24H21N3O3. The largest absolute Gasteiger partial charge is 0.497 e. The SMILES string of the molecule is COc1ccc(/C=N/NC(=O)/C(=C\c2ccccc2)NC(=O)c2ccccc2)cc1. The molecule has 0 aliphatic heterocycles. The van der Waals surface area contributed by atoms with E-state index in [2.05, 4.69) is 15.8 Å². The zero-order valence-electron chi connectivity index (χ0n) is 16.4. The van der Waals surface area contributed by atoms with E-state index in [0.717, 1.165) is 16.9 Å². The molecule has 2 amide bonds. The van der Waals surface area contributed by atoms with Gasteiger partial charge in [-0.3, -0.25) is 9.59 Å². The van der Waals surface area contributed by atoms with Gasteiger partial charge in [-0.1, -0.05) is 48.5 Å². The van der Waals surface area contributed by atoms with Crippen LogP contribution < -0.4 is 15.5 Å². The number of hydrogen-bond donors (Lipinski definition) is 2. The summed E-state index contributed by atoms with van der Waals surface area (Å²) >= 11 is 0. The molecule has 0 saturated carbocycles. The van der Waals surface area contributed by atoms with Crippen LogP contribution >= 0.6 is 0 Å². The van der Waals surface area contributed by atoms with E-state index in [4.69, 9.17) is 4.74 Å². The summed E-state index contributed by atoms with van der Waals surface area (Å²) in [7, 11) is 1.59. The number of amides is 2. The Morgan fingerprint density at radius 1 is 0.833 bits per heavy atom. The Bertz CT molecular complexity index is 1040. The van der Waals surface area contributed by atoms with Gasteiger partial charge in [-0.15, -0.1) is 0 Å². The summed E-state index contributed by atoms with van der Waals surface area (Å²) in [4.78, 5) is 25.2. The summed E-state index contributed by atoms with van der Waals surface area (Å²) in [5.41, 5.74) is 4.55. The third-order valence-corrected chi connectivity index (χ3v) is 4.13. The van der Waals surface area contributed by atoms with Crippen molar-refractivity contribution in [1.82, 2.24) is 10.7 Å². The first kappa shape index (κ1) is 20.5. The molecule has 6 nitrogen and oxygen atoms in total. The molecule has 150 valence electrons. The highest BCUT2D eigenvalue weighted by molar-refractivity contribution is 6.05. The van der Waals surface area contributed by atoms with Crippen LogP contribution in [0.4, 0.5) is 0 Å². The lowest BCUT2D eigenvalue weighted by Crippen LogP contribution is -2.32. The highest BCUT2D eigenvalue weighted by atomic mass is 16.5. The van der Waals surface area contributed by atoms with Crippen molar-refractivity contribution < 1.29 is 14.3 Å². The van der Waals surface area contributed by atoms with Gasteiger partial charge in [-0.25, -0.2) is 5.43 Å². The van der Waals surface area contributed by atoms with Crippen molar-refractivity contribution in [2.75, 3.05) is 7.11 Å². The molecule has 0 fully saturated rings. The summed E-state index contributed by atoms with van der Waals surface area (Å²) in [6.45, 7) is 0. The van der Waals surface area contributed by atoms with Crippen LogP contribution in [-0.4, -0.2) is 25.1 Å². The van der Waals surface area contributed by atoms with E-state index in [1.165, 1.54) is 6.21 Å². The first-order valence-electron chi connectivity index (χ1n) is 9.26. The highest BCUT2D eigenvalue weighted by Gasteiger charge is 2.14. The van der Waals surface area contributed by atoms with Crippen LogP contribution in [0.15, 0.2) is 95.7 Å². The van der Waals surface area contributed by atoms with E-state index < -0.39 is 5.91 Å². The number of nitrogens with zero attached hydrogens (tertiary/aromatic N) is 1. The van der Waals surface area contributed by atoms with Crippen LogP contribution in [-0.2, 0) is 4.79 Å². The van der Waals surface area contributed by atoms with Crippen LogP contribution in [0.1, 0.15) is 21.5 Å². The van der Waals surface area contributed by atoms with Crippen LogP contribution in [0, 0.1) is 0 Å². The topological polar surface area (TPSA) is 79.8 Å². The molecule has 0 saturated heterocycles. The van der Waals surface area contributed by atoms with Crippen molar-refractivity contribution in [2.45, 2.75) is 0 Å². The van der Waals surface area contributed by atoms with Gasteiger partial charge < -0.3 is 10.1 Å².